The molecule has 4 nitrogen and oxygen atoms in total. The second-order valence-electron chi connectivity index (χ2n) is 2.92. The van der Waals surface area contributed by atoms with E-state index >= 15 is 0 Å². The largest absolute Gasteiger partial charge is 0.269 e. The molecular weight excluding hydrogens is 168 g/mol. The lowest BCUT2D eigenvalue weighted by Crippen LogP contribution is -1.95. The van der Waals surface area contributed by atoms with Crippen molar-refractivity contribution >= 4 is 17.6 Å². The van der Waals surface area contributed by atoms with E-state index in [1.54, 1.807) is 12.1 Å². The Labute approximate surface area is 75.1 Å². The van der Waals surface area contributed by atoms with E-state index in [-0.39, 0.29) is 10.6 Å². The molecular formula is C9H8N2O2. The number of nitro groups is 1. The lowest BCUT2D eigenvalue weighted by Gasteiger charge is -2.07. The smallest absolute Gasteiger partial charge is 0.261 e. The number of aliphatic imine (C=N–C) groups is 1. The van der Waals surface area contributed by atoms with Gasteiger partial charge >= 0.3 is 0 Å². The first-order valence-corrected chi connectivity index (χ1v) is 4.07. The second-order valence-corrected chi connectivity index (χ2v) is 2.92. The van der Waals surface area contributed by atoms with E-state index in [1.807, 2.05) is 6.21 Å². The van der Waals surface area contributed by atoms with Crippen LogP contribution in [0, 0.1) is 10.1 Å². The quantitative estimate of drug-likeness (QED) is 0.486. The average Bonchev–Trinajstić information content (AvgIpc) is 2.17. The molecule has 0 fully saturated rings. The minimum atomic E-state index is -0.376. The molecule has 0 saturated carbocycles. The van der Waals surface area contributed by atoms with Crippen molar-refractivity contribution in [2.24, 2.45) is 4.99 Å². The lowest BCUT2D eigenvalue weighted by atomic mass is 10.1. The van der Waals surface area contributed by atoms with Crippen molar-refractivity contribution in [1.82, 2.24) is 0 Å². The van der Waals surface area contributed by atoms with Gasteiger partial charge in [0.25, 0.3) is 5.69 Å². The summed E-state index contributed by atoms with van der Waals surface area (Å²) < 4.78 is 0. The van der Waals surface area contributed by atoms with Gasteiger partial charge in [-0.15, -0.1) is 0 Å². The molecule has 13 heavy (non-hydrogen) atoms. The van der Waals surface area contributed by atoms with E-state index < -0.39 is 0 Å². The summed E-state index contributed by atoms with van der Waals surface area (Å²) in [6.45, 7) is 0. The van der Waals surface area contributed by atoms with Gasteiger partial charge in [-0.1, -0.05) is 0 Å². The molecule has 0 amide bonds. The highest BCUT2D eigenvalue weighted by molar-refractivity contribution is 5.69. The zero-order valence-corrected chi connectivity index (χ0v) is 6.93. The number of aryl methyl sites for hydroxylation is 1. The van der Waals surface area contributed by atoms with Crippen LogP contribution in [0.4, 0.5) is 11.4 Å². The van der Waals surface area contributed by atoms with Gasteiger partial charge in [0.2, 0.25) is 0 Å². The molecule has 0 spiro atoms. The molecule has 4 heteroatoms. The van der Waals surface area contributed by atoms with Gasteiger partial charge in [0.1, 0.15) is 0 Å². The van der Waals surface area contributed by atoms with Crippen LogP contribution in [0.15, 0.2) is 23.2 Å². The lowest BCUT2D eigenvalue weighted by molar-refractivity contribution is -0.384. The number of benzene rings is 1. The monoisotopic (exact) mass is 176 g/mol. The summed E-state index contributed by atoms with van der Waals surface area (Å²) in [5.74, 6) is 0. The Morgan fingerprint density at radius 1 is 1.46 bits per heavy atom. The van der Waals surface area contributed by atoms with E-state index in [0.717, 1.165) is 24.1 Å². The number of rotatable bonds is 1. The zero-order valence-electron chi connectivity index (χ0n) is 6.93. The second kappa shape index (κ2) is 2.97. The zero-order chi connectivity index (χ0) is 9.26. The van der Waals surface area contributed by atoms with Gasteiger partial charge in [-0.2, -0.15) is 0 Å². The highest BCUT2D eigenvalue weighted by Gasteiger charge is 2.11. The van der Waals surface area contributed by atoms with Crippen molar-refractivity contribution in [3.05, 3.63) is 33.9 Å². The minimum absolute atomic E-state index is 0.149. The Morgan fingerprint density at radius 2 is 2.31 bits per heavy atom. The Morgan fingerprint density at radius 3 is 3.08 bits per heavy atom. The number of non-ortho nitro benzene ring substituents is 1. The summed E-state index contributed by atoms with van der Waals surface area (Å²) in [7, 11) is 0. The van der Waals surface area contributed by atoms with Gasteiger partial charge in [-0.25, -0.2) is 0 Å². The SMILES string of the molecule is O=[N+]([O-])c1ccc2c(c1)CCC=N2. The van der Waals surface area contributed by atoms with Crippen molar-refractivity contribution < 1.29 is 4.92 Å². The fraction of sp³-hybridized carbons (Fsp3) is 0.222. The molecule has 0 radical (unpaired) electrons. The van der Waals surface area contributed by atoms with E-state index in [0.29, 0.717) is 0 Å². The van der Waals surface area contributed by atoms with Crippen molar-refractivity contribution in [3.8, 4) is 0 Å². The maximum atomic E-state index is 10.5. The Bertz CT molecular complexity index is 385. The number of hydrogen-bond donors (Lipinski definition) is 0. The molecule has 0 bridgehead atoms. The predicted octanol–water partition coefficient (Wildman–Crippen LogP) is 2.24. The van der Waals surface area contributed by atoms with E-state index in [1.165, 1.54) is 6.07 Å². The summed E-state index contributed by atoms with van der Waals surface area (Å²) in [5.41, 5.74) is 1.98. The minimum Gasteiger partial charge on any atom is -0.261 e. The highest BCUT2D eigenvalue weighted by Crippen LogP contribution is 2.27. The Balaban J connectivity index is 2.48. The average molecular weight is 176 g/mol. The Hall–Kier alpha value is -1.71. The molecule has 66 valence electrons. The summed E-state index contributed by atoms with van der Waals surface area (Å²) in [5, 5.41) is 10.5. The van der Waals surface area contributed by atoms with E-state index in [9.17, 15) is 10.1 Å². The van der Waals surface area contributed by atoms with Crippen molar-refractivity contribution in [2.75, 3.05) is 0 Å². The summed E-state index contributed by atoms with van der Waals surface area (Å²) in [6, 6.07) is 4.79. The van der Waals surface area contributed by atoms with Gasteiger partial charge in [-0.3, -0.25) is 15.1 Å². The molecule has 1 aliphatic heterocycles. The first-order valence-electron chi connectivity index (χ1n) is 4.07. The van der Waals surface area contributed by atoms with Crippen LogP contribution in [0.25, 0.3) is 0 Å². The van der Waals surface area contributed by atoms with Gasteiger partial charge in [-0.05, 0) is 24.5 Å². The molecule has 1 aromatic carbocycles. The summed E-state index contributed by atoms with van der Waals surface area (Å²) >= 11 is 0. The van der Waals surface area contributed by atoms with Crippen molar-refractivity contribution in [1.29, 1.82) is 0 Å². The third-order valence-corrected chi connectivity index (χ3v) is 2.05. The number of hydrogen-bond acceptors (Lipinski definition) is 3. The fourth-order valence-electron chi connectivity index (χ4n) is 1.39. The topological polar surface area (TPSA) is 55.5 Å². The molecule has 0 saturated heterocycles. The molecule has 0 unspecified atom stereocenters. The first kappa shape index (κ1) is 7.91. The van der Waals surface area contributed by atoms with Crippen LogP contribution >= 0.6 is 0 Å². The molecule has 1 heterocycles. The standard InChI is InChI=1S/C9H8N2O2/c12-11(13)8-3-4-9-7(6-8)2-1-5-10-9/h3-6H,1-2H2. The molecule has 1 aromatic rings. The number of fused-ring (bicyclic) bond motifs is 1. The maximum absolute atomic E-state index is 10.5. The van der Waals surface area contributed by atoms with Crippen LogP contribution in [0.1, 0.15) is 12.0 Å². The Kier molecular flexibility index (Phi) is 1.81. The third kappa shape index (κ3) is 1.42. The summed E-state index contributed by atoms with van der Waals surface area (Å²) in [6.07, 6.45) is 3.56. The van der Waals surface area contributed by atoms with Crippen LogP contribution in [0.5, 0.6) is 0 Å². The van der Waals surface area contributed by atoms with Gasteiger partial charge in [0, 0.05) is 18.3 Å². The van der Waals surface area contributed by atoms with Crippen molar-refractivity contribution in [2.45, 2.75) is 12.8 Å². The molecule has 0 N–H and O–H groups in total. The van der Waals surface area contributed by atoms with Crippen LogP contribution in [0.2, 0.25) is 0 Å². The van der Waals surface area contributed by atoms with E-state index in [2.05, 4.69) is 4.99 Å². The van der Waals surface area contributed by atoms with E-state index in [4.69, 9.17) is 0 Å². The highest BCUT2D eigenvalue weighted by atomic mass is 16.6. The molecule has 0 aliphatic carbocycles. The van der Waals surface area contributed by atoms with Gasteiger partial charge in [0.05, 0.1) is 10.6 Å². The molecule has 2 rings (SSSR count). The van der Waals surface area contributed by atoms with Gasteiger partial charge in [0.15, 0.2) is 0 Å². The summed E-state index contributed by atoms with van der Waals surface area (Å²) in [4.78, 5) is 14.2. The molecule has 0 aromatic heterocycles. The van der Waals surface area contributed by atoms with Crippen molar-refractivity contribution in [3.63, 3.8) is 0 Å². The third-order valence-electron chi connectivity index (χ3n) is 2.05. The van der Waals surface area contributed by atoms with Crippen LogP contribution in [-0.4, -0.2) is 11.1 Å². The van der Waals surface area contributed by atoms with Crippen LogP contribution in [0.3, 0.4) is 0 Å². The molecule has 1 aliphatic rings. The van der Waals surface area contributed by atoms with Gasteiger partial charge < -0.3 is 0 Å². The number of nitrogens with zero attached hydrogens (tertiary/aromatic N) is 2. The predicted molar refractivity (Wildman–Crippen MR) is 49.6 cm³/mol. The van der Waals surface area contributed by atoms with Crippen LogP contribution in [-0.2, 0) is 6.42 Å². The van der Waals surface area contributed by atoms with Crippen LogP contribution < -0.4 is 0 Å². The first-order chi connectivity index (χ1) is 6.27. The maximum Gasteiger partial charge on any atom is 0.269 e. The number of nitro benzene ring substituents is 1. The molecule has 0 atom stereocenters. The fourth-order valence-corrected chi connectivity index (χ4v) is 1.39. The normalized spacial score (nSPS) is 13.8.